The van der Waals surface area contributed by atoms with Gasteiger partial charge in [-0.2, -0.15) is 8.78 Å². The van der Waals surface area contributed by atoms with E-state index >= 15 is 0 Å². The quantitative estimate of drug-likeness (QED) is 0.477. The lowest BCUT2D eigenvalue weighted by Crippen LogP contribution is -2.44. The number of halogens is 2. The normalized spacial score (nSPS) is 39.5. The molecule has 7 atom stereocenters. The predicted octanol–water partition coefficient (Wildman–Crippen LogP) is 5.81. The number of aliphatic hydroxyl groups is 3. The van der Waals surface area contributed by atoms with E-state index in [-0.39, 0.29) is 35.0 Å². The topological polar surface area (TPSA) is 60.7 Å². The highest BCUT2D eigenvalue weighted by Gasteiger charge is 2.51. The van der Waals surface area contributed by atoms with Crippen molar-refractivity contribution >= 4 is 0 Å². The highest BCUT2D eigenvalue weighted by atomic mass is 19.3. The molecular weight excluding hydrogens is 410 g/mol. The SMILES string of the molecule is C=C1/C(=C\C=C2CCC[C@@]3(C)C2CC[C@@H]3[C@H](C)CCC(O)C(C)C)C(F)(F)[C@@H](O)C[C@H]1O. The molecule has 0 aromatic carbocycles. The van der Waals surface area contributed by atoms with Crippen molar-refractivity contribution in [2.45, 2.75) is 103 Å². The maximum Gasteiger partial charge on any atom is 0.298 e. The van der Waals surface area contributed by atoms with Gasteiger partial charge >= 0.3 is 0 Å². The summed E-state index contributed by atoms with van der Waals surface area (Å²) in [5.41, 5.74) is 1.03. The van der Waals surface area contributed by atoms with Crippen molar-refractivity contribution in [1.82, 2.24) is 0 Å². The average Bonchev–Trinajstić information content (AvgIpc) is 3.08. The van der Waals surface area contributed by atoms with Crippen LogP contribution in [-0.4, -0.2) is 39.6 Å². The Bertz CT molecular complexity index is 756. The Morgan fingerprint density at radius 1 is 1.12 bits per heavy atom. The summed E-state index contributed by atoms with van der Waals surface area (Å²) in [7, 11) is 0. The largest absolute Gasteiger partial charge is 0.393 e. The summed E-state index contributed by atoms with van der Waals surface area (Å²) >= 11 is 0. The van der Waals surface area contributed by atoms with Crippen molar-refractivity contribution in [3.05, 3.63) is 35.5 Å². The van der Waals surface area contributed by atoms with Crippen LogP contribution in [0.1, 0.15) is 79.1 Å². The summed E-state index contributed by atoms with van der Waals surface area (Å²) in [6.45, 7) is 12.5. The van der Waals surface area contributed by atoms with Crippen LogP contribution < -0.4 is 0 Å². The van der Waals surface area contributed by atoms with Crippen molar-refractivity contribution in [3.8, 4) is 0 Å². The molecule has 3 fully saturated rings. The molecule has 3 aliphatic rings. The fraction of sp³-hybridized carbons (Fsp3) is 0.778. The monoisotopic (exact) mass is 452 g/mol. The van der Waals surface area contributed by atoms with Crippen molar-refractivity contribution in [2.75, 3.05) is 0 Å². The molecule has 3 nitrogen and oxygen atoms in total. The van der Waals surface area contributed by atoms with Gasteiger partial charge in [-0.05, 0) is 79.6 Å². The van der Waals surface area contributed by atoms with Gasteiger partial charge in [-0.3, -0.25) is 0 Å². The van der Waals surface area contributed by atoms with Gasteiger partial charge in [0.25, 0.3) is 5.92 Å². The molecule has 0 radical (unpaired) electrons. The van der Waals surface area contributed by atoms with Crippen molar-refractivity contribution < 1.29 is 24.1 Å². The minimum Gasteiger partial charge on any atom is -0.393 e. The maximum atomic E-state index is 14.6. The van der Waals surface area contributed by atoms with Crippen LogP contribution in [0.25, 0.3) is 0 Å². The third-order valence-electron chi connectivity index (χ3n) is 8.85. The summed E-state index contributed by atoms with van der Waals surface area (Å²) in [4.78, 5) is 0. The Morgan fingerprint density at radius 2 is 1.81 bits per heavy atom. The molecule has 3 N–H and O–H groups in total. The first-order chi connectivity index (χ1) is 14.9. The van der Waals surface area contributed by atoms with Gasteiger partial charge in [0.15, 0.2) is 0 Å². The van der Waals surface area contributed by atoms with Crippen LogP contribution in [0.2, 0.25) is 0 Å². The number of fused-ring (bicyclic) bond motifs is 1. The van der Waals surface area contributed by atoms with Crippen LogP contribution in [-0.2, 0) is 0 Å². The van der Waals surface area contributed by atoms with E-state index in [9.17, 15) is 24.1 Å². The molecule has 2 unspecified atom stereocenters. The van der Waals surface area contributed by atoms with E-state index in [0.29, 0.717) is 17.8 Å². The van der Waals surface area contributed by atoms with Crippen LogP contribution in [0.4, 0.5) is 8.78 Å². The van der Waals surface area contributed by atoms with Crippen LogP contribution in [0, 0.1) is 29.1 Å². The molecule has 3 rings (SSSR count). The van der Waals surface area contributed by atoms with E-state index < -0.39 is 18.1 Å². The number of hydrogen-bond donors (Lipinski definition) is 3. The zero-order valence-corrected chi connectivity index (χ0v) is 20.2. The second kappa shape index (κ2) is 9.68. The Hall–Kier alpha value is -1.04. The second-order valence-corrected chi connectivity index (χ2v) is 11.2. The maximum absolute atomic E-state index is 14.6. The van der Waals surface area contributed by atoms with Gasteiger partial charge in [0.1, 0.15) is 6.10 Å². The number of hydrogen-bond acceptors (Lipinski definition) is 3. The highest BCUT2D eigenvalue weighted by Crippen LogP contribution is 2.60. The van der Waals surface area contributed by atoms with E-state index in [1.165, 1.54) is 11.6 Å². The van der Waals surface area contributed by atoms with Gasteiger partial charge in [0, 0.05) is 12.0 Å². The fourth-order valence-electron chi connectivity index (χ4n) is 6.67. The standard InChI is InChI=1S/C27H42F2O3/c1-16(2)23(30)13-8-17(3)20-11-12-22-19(7-6-14-26(20,22)5)9-10-21-18(4)24(31)15-25(32)27(21,28)29/h9-10,16-17,20,22-25,30-32H,4,6-8,11-15H2,1-3,5H3/b19-9?,21-10+/t17-,20-,22?,23?,24-,25+,26-/m1/s1. The Kier molecular flexibility index (Phi) is 7.73. The van der Waals surface area contributed by atoms with E-state index in [1.807, 2.05) is 6.08 Å². The summed E-state index contributed by atoms with van der Waals surface area (Å²) in [5, 5.41) is 30.1. The van der Waals surface area contributed by atoms with Crippen LogP contribution in [0.5, 0.6) is 0 Å². The summed E-state index contributed by atoms with van der Waals surface area (Å²) in [5.74, 6) is -1.66. The molecule has 32 heavy (non-hydrogen) atoms. The molecule has 0 aromatic heterocycles. The summed E-state index contributed by atoms with van der Waals surface area (Å²) < 4.78 is 29.2. The van der Waals surface area contributed by atoms with E-state index in [4.69, 9.17) is 0 Å². The number of allylic oxidation sites excluding steroid dienone is 3. The Balaban J connectivity index is 1.79. The summed E-state index contributed by atoms with van der Waals surface area (Å²) in [6, 6.07) is 0. The third-order valence-corrected chi connectivity index (χ3v) is 8.85. The van der Waals surface area contributed by atoms with Gasteiger partial charge < -0.3 is 15.3 Å². The molecule has 3 aliphatic carbocycles. The van der Waals surface area contributed by atoms with Crippen LogP contribution in [0.15, 0.2) is 35.5 Å². The van der Waals surface area contributed by atoms with Crippen molar-refractivity contribution in [3.63, 3.8) is 0 Å². The van der Waals surface area contributed by atoms with Gasteiger partial charge in [0.2, 0.25) is 0 Å². The van der Waals surface area contributed by atoms with Gasteiger partial charge in [-0.1, -0.05) is 52.0 Å². The molecule has 0 spiro atoms. The second-order valence-electron chi connectivity index (χ2n) is 11.2. The predicted molar refractivity (Wildman–Crippen MR) is 124 cm³/mol. The molecule has 0 bridgehead atoms. The lowest BCUT2D eigenvalue weighted by molar-refractivity contribution is -0.103. The Morgan fingerprint density at radius 3 is 2.47 bits per heavy atom. The minimum absolute atomic E-state index is 0.0114. The smallest absolute Gasteiger partial charge is 0.298 e. The molecule has 5 heteroatoms. The Labute approximate surface area is 192 Å². The number of alkyl halides is 2. The van der Waals surface area contributed by atoms with E-state index in [2.05, 4.69) is 34.3 Å². The number of rotatable bonds is 6. The molecule has 0 aromatic rings. The first-order valence-electron chi connectivity index (χ1n) is 12.4. The fourth-order valence-corrected chi connectivity index (χ4v) is 6.67. The number of aliphatic hydroxyl groups excluding tert-OH is 3. The molecule has 182 valence electrons. The van der Waals surface area contributed by atoms with E-state index in [1.54, 1.807) is 0 Å². The average molecular weight is 453 g/mol. The van der Waals surface area contributed by atoms with Crippen molar-refractivity contribution in [2.24, 2.45) is 29.1 Å². The van der Waals surface area contributed by atoms with Gasteiger partial charge in [0.05, 0.1) is 12.2 Å². The van der Waals surface area contributed by atoms with Gasteiger partial charge in [-0.15, -0.1) is 0 Å². The molecule has 3 saturated carbocycles. The summed E-state index contributed by atoms with van der Waals surface area (Å²) in [6.07, 6.45) is 6.70. The van der Waals surface area contributed by atoms with Gasteiger partial charge in [-0.25, -0.2) is 0 Å². The molecule has 0 amide bonds. The third kappa shape index (κ3) is 4.76. The minimum atomic E-state index is -3.39. The van der Waals surface area contributed by atoms with E-state index in [0.717, 1.165) is 44.9 Å². The molecule has 0 aliphatic heterocycles. The molecular formula is C27H42F2O3. The lowest BCUT2D eigenvalue weighted by atomic mass is 9.60. The van der Waals surface area contributed by atoms with Crippen LogP contribution >= 0.6 is 0 Å². The first-order valence-corrected chi connectivity index (χ1v) is 12.4. The lowest BCUT2D eigenvalue weighted by Gasteiger charge is -2.44. The van der Waals surface area contributed by atoms with Crippen LogP contribution in [0.3, 0.4) is 0 Å². The first kappa shape index (κ1) is 25.6. The van der Waals surface area contributed by atoms with Crippen molar-refractivity contribution in [1.29, 1.82) is 0 Å². The molecule has 0 saturated heterocycles. The highest BCUT2D eigenvalue weighted by molar-refractivity contribution is 5.44. The molecule has 0 heterocycles. The zero-order valence-electron chi connectivity index (χ0n) is 20.2. The zero-order chi connectivity index (χ0) is 23.8.